The number of rotatable bonds is 7. The SMILES string of the molecule is O=C(Cn1cccn1)Nc1cccc(CNC(=O)c2nn(-c3ccccc3)c(=O)c3ccccc23)c1. The second-order valence-corrected chi connectivity index (χ2v) is 8.08. The van der Waals surface area contributed by atoms with E-state index in [-0.39, 0.29) is 30.2 Å². The van der Waals surface area contributed by atoms with Crippen molar-refractivity contribution in [3.63, 3.8) is 0 Å². The summed E-state index contributed by atoms with van der Waals surface area (Å²) in [6, 6.07) is 24.9. The van der Waals surface area contributed by atoms with Crippen molar-refractivity contribution in [2.75, 3.05) is 5.32 Å². The number of amides is 2. The van der Waals surface area contributed by atoms with E-state index in [1.165, 1.54) is 9.36 Å². The van der Waals surface area contributed by atoms with Gasteiger partial charge in [-0.15, -0.1) is 0 Å². The van der Waals surface area contributed by atoms with Gasteiger partial charge in [-0.1, -0.05) is 48.5 Å². The average Bonchev–Trinajstić information content (AvgIpc) is 3.41. The maximum absolute atomic E-state index is 13.2. The minimum absolute atomic E-state index is 0.101. The molecule has 36 heavy (non-hydrogen) atoms. The predicted molar refractivity (Wildman–Crippen MR) is 136 cm³/mol. The predicted octanol–water partition coefficient (Wildman–Crippen LogP) is 3.15. The minimum Gasteiger partial charge on any atom is -0.347 e. The van der Waals surface area contributed by atoms with Gasteiger partial charge in [0.15, 0.2) is 5.69 Å². The number of para-hydroxylation sites is 1. The fourth-order valence-corrected chi connectivity index (χ4v) is 3.87. The summed E-state index contributed by atoms with van der Waals surface area (Å²) < 4.78 is 2.78. The first kappa shape index (κ1) is 22.7. The molecule has 9 heteroatoms. The Hall–Kier alpha value is -5.05. The van der Waals surface area contributed by atoms with E-state index in [1.54, 1.807) is 85.2 Å². The van der Waals surface area contributed by atoms with E-state index < -0.39 is 5.91 Å². The molecule has 2 N–H and O–H groups in total. The van der Waals surface area contributed by atoms with E-state index in [0.717, 1.165) is 5.56 Å². The van der Waals surface area contributed by atoms with Crippen LogP contribution in [0.15, 0.2) is 102 Å². The maximum Gasteiger partial charge on any atom is 0.279 e. The van der Waals surface area contributed by atoms with Crippen LogP contribution in [-0.2, 0) is 17.9 Å². The van der Waals surface area contributed by atoms with Gasteiger partial charge in [0, 0.05) is 30.0 Å². The lowest BCUT2D eigenvalue weighted by atomic mass is 10.1. The van der Waals surface area contributed by atoms with Crippen molar-refractivity contribution in [2.45, 2.75) is 13.1 Å². The van der Waals surface area contributed by atoms with Crippen LogP contribution in [0.3, 0.4) is 0 Å². The first-order chi connectivity index (χ1) is 17.6. The topological polar surface area (TPSA) is 111 Å². The third kappa shape index (κ3) is 4.90. The van der Waals surface area contributed by atoms with E-state index in [2.05, 4.69) is 20.8 Å². The molecule has 0 atom stereocenters. The molecule has 2 heterocycles. The van der Waals surface area contributed by atoms with Crippen LogP contribution in [0, 0.1) is 0 Å². The molecule has 0 saturated heterocycles. The van der Waals surface area contributed by atoms with Crippen LogP contribution in [0.4, 0.5) is 5.69 Å². The van der Waals surface area contributed by atoms with Crippen molar-refractivity contribution in [1.82, 2.24) is 24.9 Å². The zero-order valence-electron chi connectivity index (χ0n) is 19.2. The standard InChI is InChI=1S/C27H22N6O3/c34-24(18-32-15-7-14-29-32)30-20-9-6-8-19(16-20)17-28-26(35)25-22-12-4-5-13-23(22)27(36)33(31-25)21-10-2-1-3-11-21/h1-16H,17-18H2,(H,28,35)(H,30,34). The van der Waals surface area contributed by atoms with Crippen LogP contribution in [-0.4, -0.2) is 31.4 Å². The second kappa shape index (κ2) is 10.1. The summed E-state index contributed by atoms with van der Waals surface area (Å²) in [6.45, 7) is 0.312. The van der Waals surface area contributed by atoms with Gasteiger partial charge in [-0.05, 0) is 42.0 Å². The van der Waals surface area contributed by atoms with Gasteiger partial charge in [-0.25, -0.2) is 0 Å². The second-order valence-electron chi connectivity index (χ2n) is 8.08. The van der Waals surface area contributed by atoms with E-state index in [4.69, 9.17) is 0 Å². The van der Waals surface area contributed by atoms with Gasteiger partial charge in [0.25, 0.3) is 11.5 Å². The molecule has 5 aromatic rings. The summed E-state index contributed by atoms with van der Waals surface area (Å²) >= 11 is 0. The zero-order valence-corrected chi connectivity index (χ0v) is 19.2. The lowest BCUT2D eigenvalue weighted by Gasteiger charge is -2.12. The number of carbonyl (C=O) groups is 2. The van der Waals surface area contributed by atoms with Crippen LogP contribution in [0.2, 0.25) is 0 Å². The third-order valence-corrected chi connectivity index (χ3v) is 5.55. The Bertz CT molecular complexity index is 1590. The van der Waals surface area contributed by atoms with Crippen molar-refractivity contribution in [3.8, 4) is 5.69 Å². The normalized spacial score (nSPS) is 10.8. The molecule has 2 aromatic heterocycles. The van der Waals surface area contributed by atoms with Crippen LogP contribution in [0.25, 0.3) is 16.5 Å². The van der Waals surface area contributed by atoms with E-state index >= 15 is 0 Å². The molecule has 0 aliphatic carbocycles. The molecule has 178 valence electrons. The molecule has 0 bridgehead atoms. The number of hydrogen-bond donors (Lipinski definition) is 2. The molecular formula is C27H22N6O3. The Balaban J connectivity index is 1.35. The summed E-state index contributed by atoms with van der Waals surface area (Å²) in [5.74, 6) is -0.622. The summed E-state index contributed by atoms with van der Waals surface area (Å²) in [6.07, 6.45) is 3.32. The highest BCUT2D eigenvalue weighted by molar-refractivity contribution is 6.04. The Morgan fingerprint density at radius 3 is 2.42 bits per heavy atom. The minimum atomic E-state index is -0.413. The zero-order chi connectivity index (χ0) is 24.9. The van der Waals surface area contributed by atoms with E-state index in [9.17, 15) is 14.4 Å². The highest BCUT2D eigenvalue weighted by Gasteiger charge is 2.17. The van der Waals surface area contributed by atoms with Crippen molar-refractivity contribution in [2.24, 2.45) is 0 Å². The lowest BCUT2D eigenvalue weighted by Crippen LogP contribution is -2.29. The Morgan fingerprint density at radius 2 is 1.64 bits per heavy atom. The molecule has 3 aromatic carbocycles. The fourth-order valence-electron chi connectivity index (χ4n) is 3.87. The summed E-state index contributed by atoms with van der Waals surface area (Å²) in [4.78, 5) is 38.5. The molecule has 0 fully saturated rings. The van der Waals surface area contributed by atoms with Gasteiger partial charge in [0.05, 0.1) is 11.1 Å². The van der Waals surface area contributed by atoms with Crippen LogP contribution >= 0.6 is 0 Å². The van der Waals surface area contributed by atoms with Crippen molar-refractivity contribution < 1.29 is 9.59 Å². The number of nitrogens with one attached hydrogen (secondary N) is 2. The molecule has 0 aliphatic heterocycles. The van der Waals surface area contributed by atoms with E-state index in [1.807, 2.05) is 12.1 Å². The van der Waals surface area contributed by atoms with Crippen molar-refractivity contribution in [1.29, 1.82) is 0 Å². The number of benzene rings is 3. The number of fused-ring (bicyclic) bond motifs is 1. The van der Waals surface area contributed by atoms with Gasteiger partial charge in [0.1, 0.15) is 6.54 Å². The van der Waals surface area contributed by atoms with E-state index in [0.29, 0.717) is 22.1 Å². The number of carbonyl (C=O) groups excluding carboxylic acids is 2. The molecule has 0 saturated carbocycles. The number of anilines is 1. The molecule has 0 aliphatic rings. The average molecular weight is 479 g/mol. The highest BCUT2D eigenvalue weighted by atomic mass is 16.2. The fraction of sp³-hybridized carbons (Fsp3) is 0.0741. The van der Waals surface area contributed by atoms with Crippen LogP contribution < -0.4 is 16.2 Å². The van der Waals surface area contributed by atoms with Crippen LogP contribution in [0.5, 0.6) is 0 Å². The maximum atomic E-state index is 13.2. The van der Waals surface area contributed by atoms with Crippen molar-refractivity contribution in [3.05, 3.63) is 119 Å². The molecule has 5 rings (SSSR count). The molecule has 2 amide bonds. The van der Waals surface area contributed by atoms with Crippen LogP contribution in [0.1, 0.15) is 16.1 Å². The van der Waals surface area contributed by atoms with Gasteiger partial charge in [0.2, 0.25) is 5.91 Å². The van der Waals surface area contributed by atoms with Gasteiger partial charge < -0.3 is 10.6 Å². The van der Waals surface area contributed by atoms with Crippen molar-refractivity contribution >= 4 is 28.3 Å². The molecule has 9 nitrogen and oxygen atoms in total. The summed E-state index contributed by atoms with van der Waals surface area (Å²) in [5.41, 5.74) is 1.83. The number of hydrogen-bond acceptors (Lipinski definition) is 5. The molecule has 0 radical (unpaired) electrons. The first-order valence-electron chi connectivity index (χ1n) is 11.3. The molecule has 0 unspecified atom stereocenters. The van der Waals surface area contributed by atoms with Gasteiger partial charge in [-0.2, -0.15) is 14.9 Å². The number of aromatic nitrogens is 4. The lowest BCUT2D eigenvalue weighted by molar-refractivity contribution is -0.116. The third-order valence-electron chi connectivity index (χ3n) is 5.55. The molecular weight excluding hydrogens is 456 g/mol. The first-order valence-corrected chi connectivity index (χ1v) is 11.3. The Kier molecular flexibility index (Phi) is 6.35. The summed E-state index contributed by atoms with van der Waals surface area (Å²) in [5, 5.41) is 15.0. The molecule has 0 spiro atoms. The summed E-state index contributed by atoms with van der Waals surface area (Å²) in [7, 11) is 0. The smallest absolute Gasteiger partial charge is 0.279 e. The van der Waals surface area contributed by atoms with Gasteiger partial charge >= 0.3 is 0 Å². The quantitative estimate of drug-likeness (QED) is 0.373. The van der Waals surface area contributed by atoms with Gasteiger partial charge in [-0.3, -0.25) is 19.1 Å². The Morgan fingerprint density at radius 1 is 0.861 bits per heavy atom. The highest BCUT2D eigenvalue weighted by Crippen LogP contribution is 2.16. The largest absolute Gasteiger partial charge is 0.347 e. The monoisotopic (exact) mass is 478 g/mol. The Labute approximate surface area is 206 Å². The number of nitrogens with zero attached hydrogens (tertiary/aromatic N) is 4.